The Morgan fingerprint density at radius 1 is 1.00 bits per heavy atom. The molecule has 2 N–H and O–H groups in total. The SMILES string of the molecule is CCC(=NC)C(CCc1ccc(C)cc1)=NC.OO. The first-order valence-electron chi connectivity index (χ1n) is 6.38. The first-order valence-corrected chi connectivity index (χ1v) is 6.38. The van der Waals surface area contributed by atoms with E-state index in [4.69, 9.17) is 10.5 Å². The Morgan fingerprint density at radius 2 is 1.53 bits per heavy atom. The van der Waals surface area contributed by atoms with E-state index in [0.29, 0.717) is 0 Å². The molecule has 1 rings (SSSR count). The second-order valence-electron chi connectivity index (χ2n) is 4.18. The van der Waals surface area contributed by atoms with E-state index in [-0.39, 0.29) is 0 Å². The zero-order chi connectivity index (χ0) is 14.7. The van der Waals surface area contributed by atoms with Gasteiger partial charge in [0.1, 0.15) is 0 Å². The number of hydrogen-bond acceptors (Lipinski definition) is 4. The van der Waals surface area contributed by atoms with Crippen LogP contribution in [0.2, 0.25) is 0 Å². The lowest BCUT2D eigenvalue weighted by Gasteiger charge is -2.07. The van der Waals surface area contributed by atoms with Crippen LogP contribution in [0.1, 0.15) is 30.9 Å². The smallest absolute Gasteiger partial charge is 0.0558 e. The highest BCUT2D eigenvalue weighted by Gasteiger charge is 2.05. The van der Waals surface area contributed by atoms with Crippen LogP contribution >= 0.6 is 0 Å². The van der Waals surface area contributed by atoms with Crippen molar-refractivity contribution in [3.05, 3.63) is 35.4 Å². The van der Waals surface area contributed by atoms with Crippen LogP contribution in [0.5, 0.6) is 0 Å². The van der Waals surface area contributed by atoms with Crippen LogP contribution in [0.25, 0.3) is 0 Å². The van der Waals surface area contributed by atoms with Crippen molar-refractivity contribution in [3.8, 4) is 0 Å². The Balaban J connectivity index is 0.00000154. The predicted molar refractivity (Wildman–Crippen MR) is 81.8 cm³/mol. The van der Waals surface area contributed by atoms with Crippen molar-refractivity contribution in [1.29, 1.82) is 0 Å². The molecule has 0 atom stereocenters. The molecular weight excluding hydrogens is 240 g/mol. The summed E-state index contributed by atoms with van der Waals surface area (Å²) >= 11 is 0. The van der Waals surface area contributed by atoms with Crippen molar-refractivity contribution in [2.24, 2.45) is 9.98 Å². The number of aliphatic imine (C=N–C) groups is 2. The summed E-state index contributed by atoms with van der Waals surface area (Å²) in [5.41, 5.74) is 4.93. The van der Waals surface area contributed by atoms with Gasteiger partial charge in [-0.1, -0.05) is 36.8 Å². The fourth-order valence-electron chi connectivity index (χ4n) is 1.89. The second-order valence-corrected chi connectivity index (χ2v) is 4.18. The molecule has 0 radical (unpaired) electrons. The van der Waals surface area contributed by atoms with Gasteiger partial charge in [0.15, 0.2) is 0 Å². The van der Waals surface area contributed by atoms with Gasteiger partial charge in [0.2, 0.25) is 0 Å². The van der Waals surface area contributed by atoms with Gasteiger partial charge in [-0.15, -0.1) is 0 Å². The summed E-state index contributed by atoms with van der Waals surface area (Å²) < 4.78 is 0. The molecule has 0 heterocycles. The average molecular weight is 264 g/mol. The maximum absolute atomic E-state index is 6.00. The number of nitrogens with zero attached hydrogens (tertiary/aromatic N) is 2. The van der Waals surface area contributed by atoms with Crippen LogP contribution in [-0.4, -0.2) is 36.0 Å². The summed E-state index contributed by atoms with van der Waals surface area (Å²) in [7, 11) is 3.70. The van der Waals surface area contributed by atoms with Crippen LogP contribution < -0.4 is 0 Å². The summed E-state index contributed by atoms with van der Waals surface area (Å²) in [6, 6.07) is 8.70. The fraction of sp³-hybridized carbons (Fsp3) is 0.467. The molecular formula is C15H24N2O2. The molecule has 4 nitrogen and oxygen atoms in total. The first kappa shape index (κ1) is 17.5. The number of benzene rings is 1. The molecule has 0 saturated heterocycles. The second kappa shape index (κ2) is 10.4. The normalized spacial score (nSPS) is 11.9. The first-order chi connectivity index (χ1) is 9.21. The van der Waals surface area contributed by atoms with Gasteiger partial charge in [0.05, 0.1) is 11.4 Å². The van der Waals surface area contributed by atoms with Gasteiger partial charge in [-0.05, 0) is 31.7 Å². The molecule has 0 aliphatic heterocycles. The molecule has 0 fully saturated rings. The quantitative estimate of drug-likeness (QED) is 0.485. The Labute approximate surface area is 115 Å². The maximum atomic E-state index is 6.00. The molecule has 0 aliphatic carbocycles. The van der Waals surface area contributed by atoms with Gasteiger partial charge in [0.25, 0.3) is 0 Å². The molecule has 1 aromatic rings. The molecule has 106 valence electrons. The average Bonchev–Trinajstić information content (AvgIpc) is 2.47. The summed E-state index contributed by atoms with van der Waals surface area (Å²) in [5.74, 6) is 0. The summed E-state index contributed by atoms with van der Waals surface area (Å²) in [5, 5.41) is 12.0. The third-order valence-electron chi connectivity index (χ3n) is 2.98. The van der Waals surface area contributed by atoms with Crippen molar-refractivity contribution in [1.82, 2.24) is 0 Å². The molecule has 0 amide bonds. The summed E-state index contributed by atoms with van der Waals surface area (Å²) in [4.78, 5) is 8.64. The van der Waals surface area contributed by atoms with Gasteiger partial charge in [0, 0.05) is 14.1 Å². The molecule has 0 unspecified atom stereocenters. The van der Waals surface area contributed by atoms with Crippen molar-refractivity contribution >= 4 is 11.4 Å². The highest BCUT2D eigenvalue weighted by atomic mass is 17.0. The molecule has 0 aromatic heterocycles. The third kappa shape index (κ3) is 6.27. The minimum Gasteiger partial charge on any atom is -0.291 e. The van der Waals surface area contributed by atoms with Crippen LogP contribution in [0.15, 0.2) is 34.3 Å². The number of aryl methyl sites for hydroxylation is 2. The lowest BCUT2D eigenvalue weighted by atomic mass is 10.0. The lowest BCUT2D eigenvalue weighted by molar-refractivity contribution is -0.176. The monoisotopic (exact) mass is 264 g/mol. The topological polar surface area (TPSA) is 65.2 Å². The van der Waals surface area contributed by atoms with E-state index in [2.05, 4.69) is 48.1 Å². The van der Waals surface area contributed by atoms with E-state index in [1.165, 1.54) is 11.1 Å². The van der Waals surface area contributed by atoms with Crippen molar-refractivity contribution in [2.45, 2.75) is 33.1 Å². The van der Waals surface area contributed by atoms with E-state index in [9.17, 15) is 0 Å². The number of hydrogen-bond donors (Lipinski definition) is 2. The molecule has 1 aromatic carbocycles. The largest absolute Gasteiger partial charge is 0.291 e. The molecule has 4 heteroatoms. The highest BCUT2D eigenvalue weighted by Crippen LogP contribution is 2.07. The summed E-state index contributed by atoms with van der Waals surface area (Å²) in [6.45, 7) is 4.24. The Bertz CT molecular complexity index is 409. The standard InChI is InChI=1S/C15H22N2.H2O2/c1-5-14(16-3)15(17-4)11-10-13-8-6-12(2)7-9-13;1-2/h6-9H,5,10-11H2,1-4H3;1-2H. The maximum Gasteiger partial charge on any atom is 0.0558 e. The van der Waals surface area contributed by atoms with Crippen LogP contribution in [-0.2, 0) is 6.42 Å². The van der Waals surface area contributed by atoms with E-state index < -0.39 is 0 Å². The minimum atomic E-state index is 0.955. The van der Waals surface area contributed by atoms with Crippen LogP contribution in [0.3, 0.4) is 0 Å². The zero-order valence-corrected chi connectivity index (χ0v) is 12.2. The van der Waals surface area contributed by atoms with Crippen molar-refractivity contribution in [2.75, 3.05) is 14.1 Å². The van der Waals surface area contributed by atoms with Crippen LogP contribution in [0.4, 0.5) is 0 Å². The van der Waals surface area contributed by atoms with Crippen molar-refractivity contribution in [3.63, 3.8) is 0 Å². The summed E-state index contributed by atoms with van der Waals surface area (Å²) in [6.07, 6.45) is 2.96. The zero-order valence-electron chi connectivity index (χ0n) is 12.2. The molecule has 0 aliphatic rings. The molecule has 0 saturated carbocycles. The van der Waals surface area contributed by atoms with Crippen LogP contribution in [0, 0.1) is 6.92 Å². The Morgan fingerprint density at radius 3 is 1.95 bits per heavy atom. The molecule has 0 spiro atoms. The van der Waals surface area contributed by atoms with Gasteiger partial charge in [-0.3, -0.25) is 20.5 Å². The van der Waals surface area contributed by atoms with Gasteiger partial charge < -0.3 is 0 Å². The Hall–Kier alpha value is -1.52. The van der Waals surface area contributed by atoms with E-state index >= 15 is 0 Å². The van der Waals surface area contributed by atoms with E-state index in [1.54, 1.807) is 0 Å². The minimum absolute atomic E-state index is 0.955. The predicted octanol–water partition coefficient (Wildman–Crippen LogP) is 3.50. The van der Waals surface area contributed by atoms with Gasteiger partial charge >= 0.3 is 0 Å². The van der Waals surface area contributed by atoms with Gasteiger partial charge in [-0.2, -0.15) is 0 Å². The Kier molecular flexibility index (Phi) is 9.57. The fourth-order valence-corrected chi connectivity index (χ4v) is 1.89. The molecule has 19 heavy (non-hydrogen) atoms. The third-order valence-corrected chi connectivity index (χ3v) is 2.98. The van der Waals surface area contributed by atoms with Gasteiger partial charge in [-0.25, -0.2) is 0 Å². The molecule has 0 bridgehead atoms. The van der Waals surface area contributed by atoms with Crippen molar-refractivity contribution < 1.29 is 10.5 Å². The van der Waals surface area contributed by atoms with E-state index in [1.807, 2.05) is 14.1 Å². The van der Waals surface area contributed by atoms with E-state index in [0.717, 1.165) is 30.7 Å². The lowest BCUT2D eigenvalue weighted by Crippen LogP contribution is -2.14. The number of rotatable bonds is 5. The highest BCUT2D eigenvalue weighted by molar-refractivity contribution is 6.42.